The molecule has 0 spiro atoms. The molecule has 2 aromatic carbocycles. The lowest BCUT2D eigenvalue weighted by atomic mass is 10.1. The molecule has 0 atom stereocenters. The molecular weight excluding hydrogens is 259 g/mol. The number of nitrogens with zero attached hydrogens (tertiary/aromatic N) is 1. The number of hydrogen-bond donors (Lipinski definition) is 1. The fourth-order valence-electron chi connectivity index (χ4n) is 1.59. The minimum Gasteiger partial charge on any atom is -0.409 e. The predicted molar refractivity (Wildman–Crippen MR) is 74.3 cm³/mol. The Morgan fingerprint density at radius 2 is 1.90 bits per heavy atom. The fraction of sp³-hybridized carbons (Fsp3) is 0.0667. The highest BCUT2D eigenvalue weighted by molar-refractivity contribution is 6.03. The molecule has 0 unspecified atom stereocenters. The Labute approximate surface area is 115 Å². The smallest absolute Gasteiger partial charge is 0.409 e. The summed E-state index contributed by atoms with van der Waals surface area (Å²) in [5.41, 5.74) is 7.38. The molecule has 2 N–H and O–H groups in total. The summed E-state index contributed by atoms with van der Waals surface area (Å²) in [6, 6.07) is 12.3. The first-order chi connectivity index (χ1) is 9.54. The van der Waals surface area contributed by atoms with E-state index in [1.807, 2.05) is 25.1 Å². The molecule has 1 amide bonds. The molecule has 102 valence electrons. The first kappa shape index (κ1) is 13.7. The van der Waals surface area contributed by atoms with Gasteiger partial charge >= 0.3 is 6.09 Å². The first-order valence-electron chi connectivity index (χ1n) is 5.93. The summed E-state index contributed by atoms with van der Waals surface area (Å²) in [4.78, 5) is 15.2. The lowest BCUT2D eigenvalue weighted by Crippen LogP contribution is -2.17. The Bertz CT molecular complexity index is 651. The van der Waals surface area contributed by atoms with Crippen LogP contribution in [0.25, 0.3) is 0 Å². The number of aryl methyl sites for hydroxylation is 1. The molecule has 0 saturated carbocycles. The van der Waals surface area contributed by atoms with Gasteiger partial charge in [0.05, 0.1) is 0 Å². The van der Waals surface area contributed by atoms with Crippen LogP contribution in [-0.2, 0) is 0 Å². The second-order valence-corrected chi connectivity index (χ2v) is 4.19. The molecule has 5 heteroatoms. The number of amidine groups is 1. The van der Waals surface area contributed by atoms with E-state index in [0.29, 0.717) is 5.56 Å². The maximum absolute atomic E-state index is 12.7. The highest BCUT2D eigenvalue weighted by atomic mass is 19.1. The molecule has 0 heterocycles. The summed E-state index contributed by atoms with van der Waals surface area (Å²) >= 11 is 0. The highest BCUT2D eigenvalue weighted by Gasteiger charge is 2.06. The molecule has 0 fully saturated rings. The van der Waals surface area contributed by atoms with Gasteiger partial charge in [-0.15, -0.1) is 0 Å². The van der Waals surface area contributed by atoms with E-state index in [4.69, 9.17) is 10.5 Å². The van der Waals surface area contributed by atoms with Gasteiger partial charge in [0, 0.05) is 5.56 Å². The van der Waals surface area contributed by atoms with E-state index in [2.05, 4.69) is 4.99 Å². The number of carbonyl (C=O) groups excluding carboxylic acids is 1. The average Bonchev–Trinajstić information content (AvgIpc) is 2.41. The first-order valence-corrected chi connectivity index (χ1v) is 5.93. The van der Waals surface area contributed by atoms with Gasteiger partial charge in [-0.3, -0.25) is 0 Å². The van der Waals surface area contributed by atoms with Crippen LogP contribution in [0.15, 0.2) is 53.5 Å². The van der Waals surface area contributed by atoms with Gasteiger partial charge in [0.25, 0.3) is 0 Å². The van der Waals surface area contributed by atoms with E-state index >= 15 is 0 Å². The van der Waals surface area contributed by atoms with Gasteiger partial charge in [-0.05, 0) is 37.3 Å². The number of halogens is 1. The Kier molecular flexibility index (Phi) is 4.10. The number of amides is 1. The van der Waals surface area contributed by atoms with Crippen molar-refractivity contribution in [3.63, 3.8) is 0 Å². The maximum atomic E-state index is 12.7. The van der Waals surface area contributed by atoms with Crippen LogP contribution in [0.1, 0.15) is 11.1 Å². The van der Waals surface area contributed by atoms with E-state index in [1.165, 1.54) is 24.3 Å². The summed E-state index contributed by atoms with van der Waals surface area (Å²) in [5.74, 6) is -0.134. The van der Waals surface area contributed by atoms with Gasteiger partial charge in [-0.1, -0.05) is 23.8 Å². The van der Waals surface area contributed by atoms with E-state index in [0.717, 1.165) is 5.56 Å². The van der Waals surface area contributed by atoms with Crippen molar-refractivity contribution in [1.82, 2.24) is 0 Å². The number of ether oxygens (including phenoxy) is 1. The topological polar surface area (TPSA) is 64.7 Å². The minimum atomic E-state index is -0.851. The molecule has 2 aromatic rings. The SMILES string of the molecule is Cc1cccc(/C(N)=N\C(=O)Oc2ccc(F)cc2)c1. The van der Waals surface area contributed by atoms with Crippen LogP contribution in [0.4, 0.5) is 9.18 Å². The summed E-state index contributed by atoms with van der Waals surface area (Å²) < 4.78 is 17.6. The van der Waals surface area contributed by atoms with Crippen molar-refractivity contribution in [2.75, 3.05) is 0 Å². The van der Waals surface area contributed by atoms with Crippen molar-refractivity contribution >= 4 is 11.9 Å². The summed E-state index contributed by atoms with van der Waals surface area (Å²) in [7, 11) is 0. The molecule has 0 radical (unpaired) electrons. The van der Waals surface area contributed by atoms with Crippen molar-refractivity contribution in [3.8, 4) is 5.75 Å². The van der Waals surface area contributed by atoms with Crippen molar-refractivity contribution in [1.29, 1.82) is 0 Å². The monoisotopic (exact) mass is 272 g/mol. The molecule has 0 aliphatic carbocycles. The normalized spacial score (nSPS) is 11.2. The number of rotatable bonds is 2. The van der Waals surface area contributed by atoms with Crippen molar-refractivity contribution in [2.24, 2.45) is 10.7 Å². The Morgan fingerprint density at radius 3 is 2.55 bits per heavy atom. The zero-order valence-corrected chi connectivity index (χ0v) is 10.8. The molecule has 4 nitrogen and oxygen atoms in total. The zero-order valence-electron chi connectivity index (χ0n) is 10.8. The van der Waals surface area contributed by atoms with E-state index in [9.17, 15) is 9.18 Å². The highest BCUT2D eigenvalue weighted by Crippen LogP contribution is 2.12. The van der Waals surface area contributed by atoms with Gasteiger partial charge in [0.2, 0.25) is 0 Å². The van der Waals surface area contributed by atoms with Crippen molar-refractivity contribution in [2.45, 2.75) is 6.92 Å². The van der Waals surface area contributed by atoms with Gasteiger partial charge in [-0.2, -0.15) is 4.99 Å². The number of nitrogens with two attached hydrogens (primary N) is 1. The van der Waals surface area contributed by atoms with E-state index in [1.54, 1.807) is 6.07 Å². The number of hydrogen-bond acceptors (Lipinski definition) is 2. The van der Waals surface area contributed by atoms with Crippen LogP contribution in [0.2, 0.25) is 0 Å². The van der Waals surface area contributed by atoms with Crippen molar-refractivity contribution in [3.05, 3.63) is 65.5 Å². The fourth-order valence-corrected chi connectivity index (χ4v) is 1.59. The molecular formula is C15H13FN2O2. The number of carbonyl (C=O) groups is 1. The van der Waals surface area contributed by atoms with E-state index < -0.39 is 11.9 Å². The Hall–Kier alpha value is -2.69. The van der Waals surface area contributed by atoms with Crippen LogP contribution < -0.4 is 10.5 Å². The molecule has 0 aliphatic rings. The predicted octanol–water partition coefficient (Wildman–Crippen LogP) is 3.04. The van der Waals surface area contributed by atoms with Gasteiger partial charge in [0.15, 0.2) is 0 Å². The maximum Gasteiger partial charge on any atom is 0.441 e. The molecule has 2 rings (SSSR count). The Morgan fingerprint density at radius 1 is 1.20 bits per heavy atom. The van der Waals surface area contributed by atoms with Crippen LogP contribution in [-0.4, -0.2) is 11.9 Å². The van der Waals surface area contributed by atoms with E-state index in [-0.39, 0.29) is 11.6 Å². The lowest BCUT2D eigenvalue weighted by Gasteiger charge is -2.03. The molecule has 0 aliphatic heterocycles. The average molecular weight is 272 g/mol. The van der Waals surface area contributed by atoms with Crippen LogP contribution in [0.3, 0.4) is 0 Å². The zero-order chi connectivity index (χ0) is 14.5. The third-order valence-corrected chi connectivity index (χ3v) is 2.54. The third-order valence-electron chi connectivity index (χ3n) is 2.54. The molecule has 0 bridgehead atoms. The lowest BCUT2D eigenvalue weighted by molar-refractivity contribution is 0.211. The quantitative estimate of drug-likeness (QED) is 0.675. The van der Waals surface area contributed by atoms with Gasteiger partial charge < -0.3 is 10.5 Å². The number of benzene rings is 2. The minimum absolute atomic E-state index is 0.0702. The second kappa shape index (κ2) is 5.97. The molecule has 0 aromatic heterocycles. The third kappa shape index (κ3) is 3.65. The standard InChI is InChI=1S/C15H13FN2O2/c1-10-3-2-4-11(9-10)14(17)18-15(19)20-13-7-5-12(16)6-8-13/h2-9H,1H3,(H2,17,18,19). The molecule has 0 saturated heterocycles. The Balaban J connectivity index is 2.10. The van der Waals surface area contributed by atoms with Crippen LogP contribution >= 0.6 is 0 Å². The van der Waals surface area contributed by atoms with Gasteiger partial charge in [0.1, 0.15) is 17.4 Å². The number of aliphatic imine (C=N–C) groups is 1. The van der Waals surface area contributed by atoms with Crippen LogP contribution in [0.5, 0.6) is 5.75 Å². The van der Waals surface area contributed by atoms with Crippen molar-refractivity contribution < 1.29 is 13.9 Å². The summed E-state index contributed by atoms with van der Waals surface area (Å²) in [6.07, 6.45) is -0.851. The summed E-state index contributed by atoms with van der Waals surface area (Å²) in [6.45, 7) is 1.91. The largest absolute Gasteiger partial charge is 0.441 e. The van der Waals surface area contributed by atoms with Crippen LogP contribution in [0, 0.1) is 12.7 Å². The van der Waals surface area contributed by atoms with Gasteiger partial charge in [-0.25, -0.2) is 9.18 Å². The summed E-state index contributed by atoms with van der Waals surface area (Å²) in [5, 5.41) is 0. The molecule has 20 heavy (non-hydrogen) atoms. The second-order valence-electron chi connectivity index (χ2n) is 4.19.